The third-order valence-corrected chi connectivity index (χ3v) is 3.39. The summed E-state index contributed by atoms with van der Waals surface area (Å²) in [6, 6.07) is 9.21. The van der Waals surface area contributed by atoms with Crippen LogP contribution in [-0.4, -0.2) is 37.4 Å². The highest BCUT2D eigenvalue weighted by molar-refractivity contribution is 5.59. The van der Waals surface area contributed by atoms with Crippen molar-refractivity contribution in [2.75, 3.05) is 25.1 Å². The van der Waals surface area contributed by atoms with Crippen molar-refractivity contribution in [3.8, 4) is 0 Å². The predicted molar refractivity (Wildman–Crippen MR) is 66.9 cm³/mol. The molecule has 0 radical (unpaired) electrons. The van der Waals surface area contributed by atoms with E-state index in [-0.39, 0.29) is 12.6 Å². The molecule has 0 aromatic heterocycles. The van der Waals surface area contributed by atoms with Gasteiger partial charge in [-0.15, -0.1) is 0 Å². The molecule has 0 fully saturated rings. The summed E-state index contributed by atoms with van der Waals surface area (Å²) in [6.45, 7) is 3.29. The van der Waals surface area contributed by atoms with Crippen molar-refractivity contribution < 1.29 is 5.11 Å². The number of likely N-dealkylation sites (N-methyl/N-ethyl adjacent to an activating group) is 1. The average Bonchev–Trinajstić information content (AvgIpc) is 2.62. The highest BCUT2D eigenvalue weighted by atomic mass is 16.3. The number of rotatable bonds is 4. The molecule has 0 aliphatic carbocycles. The SMILES string of the molecule is CNC(CO)CN1c2ccccc2CC1C. The minimum absolute atomic E-state index is 0.147. The van der Waals surface area contributed by atoms with Gasteiger partial charge in [-0.25, -0.2) is 0 Å². The van der Waals surface area contributed by atoms with E-state index in [1.165, 1.54) is 11.3 Å². The van der Waals surface area contributed by atoms with Crippen molar-refractivity contribution in [2.24, 2.45) is 0 Å². The van der Waals surface area contributed by atoms with E-state index in [4.69, 9.17) is 0 Å². The molecule has 1 aromatic rings. The van der Waals surface area contributed by atoms with E-state index in [0.29, 0.717) is 6.04 Å². The Hall–Kier alpha value is -1.06. The van der Waals surface area contributed by atoms with Crippen LogP contribution in [-0.2, 0) is 6.42 Å². The third kappa shape index (κ3) is 2.06. The normalized spacial score (nSPS) is 20.9. The minimum Gasteiger partial charge on any atom is -0.395 e. The van der Waals surface area contributed by atoms with Gasteiger partial charge in [-0.2, -0.15) is 0 Å². The molecule has 1 aliphatic rings. The maximum absolute atomic E-state index is 9.23. The van der Waals surface area contributed by atoms with Crippen molar-refractivity contribution in [1.29, 1.82) is 0 Å². The second-order valence-corrected chi connectivity index (χ2v) is 4.50. The number of nitrogens with one attached hydrogen (secondary N) is 1. The maximum atomic E-state index is 9.23. The van der Waals surface area contributed by atoms with Crippen LogP contribution < -0.4 is 10.2 Å². The van der Waals surface area contributed by atoms with E-state index in [9.17, 15) is 5.11 Å². The highest BCUT2D eigenvalue weighted by Crippen LogP contribution is 2.31. The molecular formula is C13H20N2O. The van der Waals surface area contributed by atoms with E-state index in [1.807, 2.05) is 7.05 Å². The fourth-order valence-electron chi connectivity index (χ4n) is 2.39. The van der Waals surface area contributed by atoms with Gasteiger partial charge in [0, 0.05) is 24.3 Å². The maximum Gasteiger partial charge on any atom is 0.0601 e. The Labute approximate surface area is 97.1 Å². The summed E-state index contributed by atoms with van der Waals surface area (Å²) in [6.07, 6.45) is 1.11. The summed E-state index contributed by atoms with van der Waals surface area (Å²) in [7, 11) is 1.90. The van der Waals surface area contributed by atoms with Gasteiger partial charge in [0.15, 0.2) is 0 Å². The summed E-state index contributed by atoms with van der Waals surface area (Å²) in [5, 5.41) is 12.4. The molecule has 1 heterocycles. The molecule has 0 saturated heterocycles. The first-order valence-electron chi connectivity index (χ1n) is 5.89. The summed E-state index contributed by atoms with van der Waals surface area (Å²) in [4.78, 5) is 2.38. The molecule has 2 rings (SSSR count). The van der Waals surface area contributed by atoms with E-state index in [2.05, 4.69) is 41.4 Å². The molecule has 0 spiro atoms. The Kier molecular flexibility index (Phi) is 3.46. The lowest BCUT2D eigenvalue weighted by atomic mass is 10.1. The van der Waals surface area contributed by atoms with E-state index < -0.39 is 0 Å². The van der Waals surface area contributed by atoms with Gasteiger partial charge < -0.3 is 15.3 Å². The Balaban J connectivity index is 2.15. The zero-order chi connectivity index (χ0) is 11.5. The van der Waals surface area contributed by atoms with Gasteiger partial charge in [-0.05, 0) is 32.0 Å². The van der Waals surface area contributed by atoms with E-state index in [0.717, 1.165) is 13.0 Å². The summed E-state index contributed by atoms with van der Waals surface area (Å²) >= 11 is 0. The minimum atomic E-state index is 0.147. The highest BCUT2D eigenvalue weighted by Gasteiger charge is 2.26. The Bertz CT molecular complexity index is 350. The number of fused-ring (bicyclic) bond motifs is 1. The monoisotopic (exact) mass is 220 g/mol. The second kappa shape index (κ2) is 4.85. The number of anilines is 1. The number of para-hydroxylation sites is 1. The predicted octanol–water partition coefficient (Wildman–Crippen LogP) is 1.02. The average molecular weight is 220 g/mol. The van der Waals surface area contributed by atoms with E-state index in [1.54, 1.807) is 0 Å². The van der Waals surface area contributed by atoms with Crippen LogP contribution in [0.15, 0.2) is 24.3 Å². The lowest BCUT2D eigenvalue weighted by Crippen LogP contribution is -2.44. The molecule has 1 aliphatic heterocycles. The first kappa shape index (κ1) is 11.4. The van der Waals surface area contributed by atoms with Crippen LogP contribution in [0.2, 0.25) is 0 Å². The Morgan fingerprint density at radius 1 is 1.50 bits per heavy atom. The van der Waals surface area contributed by atoms with Crippen LogP contribution in [0.4, 0.5) is 5.69 Å². The molecule has 0 amide bonds. The zero-order valence-electron chi connectivity index (χ0n) is 9.98. The summed E-state index contributed by atoms with van der Waals surface area (Å²) in [5.74, 6) is 0. The lowest BCUT2D eigenvalue weighted by Gasteiger charge is -2.28. The number of aliphatic hydroxyl groups is 1. The van der Waals surface area contributed by atoms with Crippen LogP contribution in [0.1, 0.15) is 12.5 Å². The lowest BCUT2D eigenvalue weighted by molar-refractivity contribution is 0.249. The van der Waals surface area contributed by atoms with Crippen LogP contribution in [0.3, 0.4) is 0 Å². The molecule has 1 aromatic carbocycles. The van der Waals surface area contributed by atoms with Crippen LogP contribution in [0.5, 0.6) is 0 Å². The molecule has 3 heteroatoms. The first-order chi connectivity index (χ1) is 7.76. The molecule has 88 valence electrons. The number of benzene rings is 1. The molecule has 2 atom stereocenters. The standard InChI is InChI=1S/C13H20N2O/c1-10-7-11-5-3-4-6-13(11)15(10)8-12(9-16)14-2/h3-6,10,12,14,16H,7-9H2,1-2H3. The van der Waals surface area contributed by atoms with Gasteiger partial charge in [-0.3, -0.25) is 0 Å². The fraction of sp³-hybridized carbons (Fsp3) is 0.538. The second-order valence-electron chi connectivity index (χ2n) is 4.50. The molecule has 3 nitrogen and oxygen atoms in total. The van der Waals surface area contributed by atoms with Crippen molar-refractivity contribution in [2.45, 2.75) is 25.4 Å². The van der Waals surface area contributed by atoms with Gasteiger partial charge in [-0.1, -0.05) is 18.2 Å². The number of hydrogen-bond donors (Lipinski definition) is 2. The van der Waals surface area contributed by atoms with Crippen molar-refractivity contribution in [1.82, 2.24) is 5.32 Å². The van der Waals surface area contributed by atoms with Crippen LogP contribution in [0, 0.1) is 0 Å². The Morgan fingerprint density at radius 3 is 2.94 bits per heavy atom. The molecule has 0 bridgehead atoms. The molecular weight excluding hydrogens is 200 g/mol. The summed E-state index contributed by atoms with van der Waals surface area (Å²) < 4.78 is 0. The number of hydrogen-bond acceptors (Lipinski definition) is 3. The topological polar surface area (TPSA) is 35.5 Å². The smallest absolute Gasteiger partial charge is 0.0601 e. The van der Waals surface area contributed by atoms with Crippen LogP contribution >= 0.6 is 0 Å². The van der Waals surface area contributed by atoms with Gasteiger partial charge in [0.2, 0.25) is 0 Å². The molecule has 16 heavy (non-hydrogen) atoms. The quantitative estimate of drug-likeness (QED) is 0.795. The van der Waals surface area contributed by atoms with Crippen molar-refractivity contribution in [3.63, 3.8) is 0 Å². The third-order valence-electron chi connectivity index (χ3n) is 3.39. The van der Waals surface area contributed by atoms with Crippen LogP contribution in [0.25, 0.3) is 0 Å². The van der Waals surface area contributed by atoms with Gasteiger partial charge in [0.05, 0.1) is 6.61 Å². The molecule has 2 unspecified atom stereocenters. The summed E-state index contributed by atoms with van der Waals surface area (Å²) in [5.41, 5.74) is 2.74. The molecule has 0 saturated carbocycles. The first-order valence-corrected chi connectivity index (χ1v) is 5.89. The van der Waals surface area contributed by atoms with Crippen molar-refractivity contribution >= 4 is 5.69 Å². The van der Waals surface area contributed by atoms with Gasteiger partial charge in [0.1, 0.15) is 0 Å². The van der Waals surface area contributed by atoms with Gasteiger partial charge in [0.25, 0.3) is 0 Å². The number of nitrogens with zero attached hydrogens (tertiary/aromatic N) is 1. The fourth-order valence-corrected chi connectivity index (χ4v) is 2.39. The van der Waals surface area contributed by atoms with Gasteiger partial charge >= 0.3 is 0 Å². The number of aliphatic hydroxyl groups excluding tert-OH is 1. The van der Waals surface area contributed by atoms with Crippen molar-refractivity contribution in [3.05, 3.63) is 29.8 Å². The zero-order valence-corrected chi connectivity index (χ0v) is 9.98. The Morgan fingerprint density at radius 2 is 2.25 bits per heavy atom. The van der Waals surface area contributed by atoms with E-state index >= 15 is 0 Å². The largest absolute Gasteiger partial charge is 0.395 e. The molecule has 2 N–H and O–H groups in total.